The van der Waals surface area contributed by atoms with Gasteiger partial charge in [0.1, 0.15) is 5.82 Å². The van der Waals surface area contributed by atoms with Crippen LogP contribution in [0.5, 0.6) is 0 Å². The van der Waals surface area contributed by atoms with Crippen LogP contribution in [-0.2, 0) is 4.79 Å². The highest BCUT2D eigenvalue weighted by Crippen LogP contribution is 2.61. The van der Waals surface area contributed by atoms with Crippen LogP contribution in [0.15, 0.2) is 24.4 Å². The standard InChI is InChI=1S/C23H34N4O/c1-17(23-13-18-10-19(14-23)12-20(11-18)15-23)25-22(28)16-26-6-8-27(9-7-26)21-4-2-3-5-24-21/h2-5,17-20H,6-16H2,1H3,(H,25,28)/t17-,18?,19?,20?,23?/m0/s1. The Morgan fingerprint density at radius 1 is 1.11 bits per heavy atom. The number of aromatic nitrogens is 1. The van der Waals surface area contributed by atoms with Crippen LogP contribution in [0.1, 0.15) is 45.4 Å². The van der Waals surface area contributed by atoms with Gasteiger partial charge in [-0.2, -0.15) is 0 Å². The van der Waals surface area contributed by atoms with E-state index in [4.69, 9.17) is 0 Å². The maximum Gasteiger partial charge on any atom is 0.234 e. The molecule has 152 valence electrons. The highest BCUT2D eigenvalue weighted by molar-refractivity contribution is 5.78. The number of piperazine rings is 1. The molecular formula is C23H34N4O. The van der Waals surface area contributed by atoms with Crippen LogP contribution in [0.2, 0.25) is 0 Å². The van der Waals surface area contributed by atoms with Crippen LogP contribution in [-0.4, -0.2) is 54.6 Å². The fourth-order valence-electron chi connectivity index (χ4n) is 7.03. The third-order valence-electron chi connectivity index (χ3n) is 8.09. The minimum Gasteiger partial charge on any atom is -0.354 e. The number of amides is 1. The molecule has 1 saturated heterocycles. The average Bonchev–Trinajstić information content (AvgIpc) is 2.68. The maximum absolute atomic E-state index is 12.8. The van der Waals surface area contributed by atoms with Crippen molar-refractivity contribution in [1.29, 1.82) is 0 Å². The van der Waals surface area contributed by atoms with E-state index in [2.05, 4.69) is 33.1 Å². The molecule has 5 fully saturated rings. The van der Waals surface area contributed by atoms with E-state index in [1.54, 1.807) is 0 Å². The second kappa shape index (κ2) is 7.33. The lowest BCUT2D eigenvalue weighted by molar-refractivity contribution is -0.127. The van der Waals surface area contributed by atoms with Crippen molar-refractivity contribution in [3.8, 4) is 0 Å². The average molecular weight is 383 g/mol. The molecule has 5 aliphatic rings. The molecular weight excluding hydrogens is 348 g/mol. The SMILES string of the molecule is C[C@H](NC(=O)CN1CCN(c2ccccn2)CC1)C12CC3CC(CC(C3)C1)C2. The quantitative estimate of drug-likeness (QED) is 0.851. The first-order valence-electron chi connectivity index (χ1n) is 11.3. The predicted octanol–water partition coefficient (Wildman–Crippen LogP) is 2.92. The summed E-state index contributed by atoms with van der Waals surface area (Å²) >= 11 is 0. The monoisotopic (exact) mass is 382 g/mol. The molecule has 4 saturated carbocycles. The smallest absolute Gasteiger partial charge is 0.234 e. The van der Waals surface area contributed by atoms with Crippen molar-refractivity contribution in [2.75, 3.05) is 37.6 Å². The number of carbonyl (C=O) groups excluding carboxylic acids is 1. The van der Waals surface area contributed by atoms with Gasteiger partial charge in [0.05, 0.1) is 6.54 Å². The van der Waals surface area contributed by atoms with E-state index in [-0.39, 0.29) is 5.91 Å². The second-order valence-corrected chi connectivity index (χ2v) is 10.0. The normalized spacial score (nSPS) is 35.8. The molecule has 0 aromatic carbocycles. The first-order valence-corrected chi connectivity index (χ1v) is 11.3. The molecule has 1 aromatic rings. The second-order valence-electron chi connectivity index (χ2n) is 10.0. The van der Waals surface area contributed by atoms with Gasteiger partial charge in [0.2, 0.25) is 5.91 Å². The molecule has 0 radical (unpaired) electrons. The van der Waals surface area contributed by atoms with Crippen molar-refractivity contribution in [3.63, 3.8) is 0 Å². The van der Waals surface area contributed by atoms with Gasteiger partial charge in [-0.3, -0.25) is 9.69 Å². The van der Waals surface area contributed by atoms with Crippen molar-refractivity contribution in [3.05, 3.63) is 24.4 Å². The number of carbonyl (C=O) groups is 1. The van der Waals surface area contributed by atoms with Gasteiger partial charge in [-0.1, -0.05) is 6.07 Å². The summed E-state index contributed by atoms with van der Waals surface area (Å²) in [4.78, 5) is 21.8. The van der Waals surface area contributed by atoms with Crippen LogP contribution in [0.3, 0.4) is 0 Å². The van der Waals surface area contributed by atoms with Crippen molar-refractivity contribution in [2.45, 2.75) is 51.5 Å². The summed E-state index contributed by atoms with van der Waals surface area (Å²) in [6, 6.07) is 6.38. The summed E-state index contributed by atoms with van der Waals surface area (Å²) in [5.41, 5.74) is 0.391. The maximum atomic E-state index is 12.8. The first kappa shape index (κ1) is 18.4. The van der Waals surface area contributed by atoms with Gasteiger partial charge in [-0.15, -0.1) is 0 Å². The number of pyridine rings is 1. The van der Waals surface area contributed by atoms with Gasteiger partial charge in [-0.25, -0.2) is 4.98 Å². The van der Waals surface area contributed by atoms with E-state index in [1.165, 1.54) is 38.5 Å². The Balaban J connectivity index is 1.12. The number of anilines is 1. The van der Waals surface area contributed by atoms with E-state index < -0.39 is 0 Å². The van der Waals surface area contributed by atoms with Crippen LogP contribution < -0.4 is 10.2 Å². The van der Waals surface area contributed by atoms with Gasteiger partial charge in [0, 0.05) is 38.4 Å². The van der Waals surface area contributed by atoms with Crippen molar-refractivity contribution < 1.29 is 4.79 Å². The van der Waals surface area contributed by atoms with E-state index in [9.17, 15) is 4.79 Å². The van der Waals surface area contributed by atoms with Crippen LogP contribution in [0, 0.1) is 23.2 Å². The summed E-state index contributed by atoms with van der Waals surface area (Å²) in [5.74, 6) is 4.07. The lowest BCUT2D eigenvalue weighted by atomic mass is 9.48. The van der Waals surface area contributed by atoms with E-state index >= 15 is 0 Å². The number of hydrogen-bond acceptors (Lipinski definition) is 4. The third kappa shape index (κ3) is 3.54. The Morgan fingerprint density at radius 3 is 2.32 bits per heavy atom. The van der Waals surface area contributed by atoms with E-state index in [0.29, 0.717) is 18.0 Å². The van der Waals surface area contributed by atoms with Gasteiger partial charge in [-0.05, 0) is 80.8 Å². The Labute approximate surface area is 168 Å². The van der Waals surface area contributed by atoms with Crippen LogP contribution in [0.4, 0.5) is 5.82 Å². The molecule has 4 aliphatic carbocycles. The Kier molecular flexibility index (Phi) is 4.82. The number of rotatable bonds is 5. The predicted molar refractivity (Wildman–Crippen MR) is 111 cm³/mol. The molecule has 1 atom stereocenters. The molecule has 1 amide bonds. The highest BCUT2D eigenvalue weighted by atomic mass is 16.2. The molecule has 28 heavy (non-hydrogen) atoms. The molecule has 5 heteroatoms. The Bertz CT molecular complexity index is 663. The molecule has 1 aromatic heterocycles. The van der Waals surface area contributed by atoms with Crippen molar-refractivity contribution in [1.82, 2.24) is 15.2 Å². The van der Waals surface area contributed by atoms with E-state index in [0.717, 1.165) is 49.8 Å². The lowest BCUT2D eigenvalue weighted by Crippen LogP contribution is -2.57. The van der Waals surface area contributed by atoms with Crippen LogP contribution in [0.25, 0.3) is 0 Å². The van der Waals surface area contributed by atoms with Crippen molar-refractivity contribution >= 4 is 11.7 Å². The summed E-state index contributed by atoms with van der Waals surface area (Å²) in [6.07, 6.45) is 10.3. The Morgan fingerprint density at radius 2 is 1.75 bits per heavy atom. The largest absolute Gasteiger partial charge is 0.354 e. The fourth-order valence-corrected chi connectivity index (χ4v) is 7.03. The van der Waals surface area contributed by atoms with Gasteiger partial charge in [0.15, 0.2) is 0 Å². The van der Waals surface area contributed by atoms with Gasteiger partial charge >= 0.3 is 0 Å². The van der Waals surface area contributed by atoms with Gasteiger partial charge < -0.3 is 10.2 Å². The molecule has 1 aliphatic heterocycles. The fraction of sp³-hybridized carbons (Fsp3) is 0.739. The summed E-state index contributed by atoms with van der Waals surface area (Å²) in [6.45, 7) is 6.55. The third-order valence-corrected chi connectivity index (χ3v) is 8.09. The minimum atomic E-state index is 0.217. The zero-order chi connectivity index (χ0) is 19.1. The molecule has 1 N–H and O–H groups in total. The molecule has 5 nitrogen and oxygen atoms in total. The highest BCUT2D eigenvalue weighted by Gasteiger charge is 2.53. The number of hydrogen-bond donors (Lipinski definition) is 1. The molecule has 2 heterocycles. The molecule has 0 unspecified atom stereocenters. The summed E-state index contributed by atoms with van der Waals surface area (Å²) in [5, 5.41) is 3.42. The topological polar surface area (TPSA) is 48.5 Å². The molecule has 0 spiro atoms. The summed E-state index contributed by atoms with van der Waals surface area (Å²) < 4.78 is 0. The molecule has 6 rings (SSSR count). The first-order chi connectivity index (χ1) is 13.6. The zero-order valence-corrected chi connectivity index (χ0v) is 17.1. The lowest BCUT2D eigenvalue weighted by Gasteiger charge is -2.59. The minimum absolute atomic E-state index is 0.217. The van der Waals surface area contributed by atoms with Crippen molar-refractivity contribution in [2.24, 2.45) is 23.2 Å². The van der Waals surface area contributed by atoms with Crippen LogP contribution >= 0.6 is 0 Å². The zero-order valence-electron chi connectivity index (χ0n) is 17.1. The molecule has 4 bridgehead atoms. The Hall–Kier alpha value is -1.62. The summed E-state index contributed by atoms with van der Waals surface area (Å²) in [7, 11) is 0. The number of nitrogens with zero attached hydrogens (tertiary/aromatic N) is 3. The van der Waals surface area contributed by atoms with E-state index in [1.807, 2.05) is 18.3 Å². The van der Waals surface area contributed by atoms with Gasteiger partial charge in [0.25, 0.3) is 0 Å². The number of nitrogens with one attached hydrogen (secondary N) is 1.